The number of hydrogen-bond donors (Lipinski definition) is 0. The molecule has 0 aliphatic carbocycles. The maximum atomic E-state index is 2.49. The highest BCUT2D eigenvalue weighted by atomic mass is 15.3. The smallest absolute Gasteiger partial charge is 0.0893 e. The van der Waals surface area contributed by atoms with Crippen LogP contribution in [-0.2, 0) is 0 Å². The van der Waals surface area contributed by atoms with Crippen molar-refractivity contribution in [2.45, 2.75) is 104 Å². The summed E-state index contributed by atoms with van der Waals surface area (Å²) >= 11 is 0. The van der Waals surface area contributed by atoms with Gasteiger partial charge in [-0.3, -0.25) is 0 Å². The van der Waals surface area contributed by atoms with Gasteiger partial charge in [-0.2, -0.15) is 0 Å². The van der Waals surface area contributed by atoms with E-state index in [1.165, 1.54) is 103 Å². The molecule has 0 fully saturated rings. The van der Waals surface area contributed by atoms with Gasteiger partial charge in [0.15, 0.2) is 0 Å². The summed E-state index contributed by atoms with van der Waals surface area (Å²) in [6.07, 6.45) is 24.3. The van der Waals surface area contributed by atoms with Crippen molar-refractivity contribution in [3.63, 3.8) is 0 Å². The van der Waals surface area contributed by atoms with E-state index in [2.05, 4.69) is 36.0 Å². The molecule has 0 saturated heterocycles. The molecular weight excluding hydrogens is 280 g/mol. The average molecular weight is 323 g/mol. The third-order valence-electron chi connectivity index (χ3n) is 4.95. The molecule has 23 heavy (non-hydrogen) atoms. The Morgan fingerprint density at radius 3 is 1.26 bits per heavy atom. The number of nitrogens with zero attached hydrogens (tertiary/aromatic N) is 2. The lowest BCUT2D eigenvalue weighted by atomic mass is 10.1. The molecule has 0 aromatic carbocycles. The molecule has 0 saturated carbocycles. The van der Waals surface area contributed by atoms with Crippen LogP contribution in [0, 0.1) is 0 Å². The maximum Gasteiger partial charge on any atom is 0.0893 e. The van der Waals surface area contributed by atoms with E-state index in [9.17, 15) is 0 Å². The molecule has 1 aliphatic rings. The average Bonchev–Trinajstić information content (AvgIpc) is 3.01. The van der Waals surface area contributed by atoms with Gasteiger partial charge in [-0.15, -0.1) is 0 Å². The molecular formula is C21H42N2. The molecule has 1 aliphatic heterocycles. The zero-order valence-corrected chi connectivity index (χ0v) is 16.1. The van der Waals surface area contributed by atoms with Crippen LogP contribution in [0.15, 0.2) is 12.4 Å². The molecule has 0 aromatic heterocycles. The monoisotopic (exact) mass is 322 g/mol. The zero-order valence-electron chi connectivity index (χ0n) is 16.1. The van der Waals surface area contributed by atoms with E-state index in [-0.39, 0.29) is 0 Å². The van der Waals surface area contributed by atoms with Crippen molar-refractivity contribution < 1.29 is 0 Å². The second kappa shape index (κ2) is 14.9. The SMILES string of the molecule is CCCCCCCCCCCN1C=CN(CCCCCCC)C1. The van der Waals surface area contributed by atoms with Gasteiger partial charge >= 0.3 is 0 Å². The first-order valence-electron chi connectivity index (χ1n) is 10.5. The molecule has 0 atom stereocenters. The van der Waals surface area contributed by atoms with Crippen LogP contribution in [0.4, 0.5) is 0 Å². The Bertz CT molecular complexity index is 275. The van der Waals surface area contributed by atoms with Gasteiger partial charge in [0.25, 0.3) is 0 Å². The van der Waals surface area contributed by atoms with Crippen molar-refractivity contribution in [3.8, 4) is 0 Å². The second-order valence-electron chi connectivity index (χ2n) is 7.31. The summed E-state index contributed by atoms with van der Waals surface area (Å²) in [5.41, 5.74) is 0. The van der Waals surface area contributed by atoms with E-state index >= 15 is 0 Å². The third kappa shape index (κ3) is 11.5. The highest BCUT2D eigenvalue weighted by molar-refractivity contribution is 4.90. The van der Waals surface area contributed by atoms with Gasteiger partial charge in [-0.1, -0.05) is 90.9 Å². The Labute approximate surface area is 146 Å². The van der Waals surface area contributed by atoms with Crippen molar-refractivity contribution >= 4 is 0 Å². The molecule has 0 N–H and O–H groups in total. The summed E-state index contributed by atoms with van der Waals surface area (Å²) in [6.45, 7) is 8.20. The third-order valence-corrected chi connectivity index (χ3v) is 4.95. The predicted octanol–water partition coefficient (Wildman–Crippen LogP) is 6.53. The zero-order chi connectivity index (χ0) is 16.6. The van der Waals surface area contributed by atoms with Crippen LogP contribution in [-0.4, -0.2) is 29.6 Å². The standard InChI is InChI=1S/C21H42N2/c1-3-5-7-9-10-11-12-14-16-18-23-20-19-22(21-23)17-15-13-8-6-4-2/h19-20H,3-18,21H2,1-2H3. The van der Waals surface area contributed by atoms with Crippen molar-refractivity contribution in [2.75, 3.05) is 19.8 Å². The molecule has 0 aromatic rings. The first-order chi connectivity index (χ1) is 11.4. The van der Waals surface area contributed by atoms with Crippen LogP contribution in [0.3, 0.4) is 0 Å². The highest BCUT2D eigenvalue weighted by Gasteiger charge is 2.10. The Morgan fingerprint density at radius 2 is 0.870 bits per heavy atom. The fraction of sp³-hybridized carbons (Fsp3) is 0.905. The van der Waals surface area contributed by atoms with Crippen molar-refractivity contribution in [1.29, 1.82) is 0 Å². The van der Waals surface area contributed by atoms with Crippen molar-refractivity contribution in [2.24, 2.45) is 0 Å². The van der Waals surface area contributed by atoms with Crippen molar-refractivity contribution in [3.05, 3.63) is 12.4 Å². The summed E-state index contributed by atoms with van der Waals surface area (Å²) in [4.78, 5) is 4.98. The first kappa shape index (κ1) is 20.4. The Balaban J connectivity index is 1.85. The molecule has 0 amide bonds. The summed E-state index contributed by atoms with van der Waals surface area (Å²) in [5.74, 6) is 0. The molecule has 0 bridgehead atoms. The van der Waals surface area contributed by atoms with Crippen molar-refractivity contribution in [1.82, 2.24) is 9.80 Å². The normalized spacial score (nSPS) is 14.2. The van der Waals surface area contributed by atoms with Crippen LogP contribution >= 0.6 is 0 Å². The Morgan fingerprint density at radius 1 is 0.522 bits per heavy atom. The lowest BCUT2D eigenvalue weighted by molar-refractivity contribution is 0.257. The molecule has 136 valence electrons. The van der Waals surface area contributed by atoms with E-state index in [1.807, 2.05) is 0 Å². The molecule has 1 rings (SSSR count). The van der Waals surface area contributed by atoms with Gasteiger partial charge in [-0.25, -0.2) is 0 Å². The Hall–Kier alpha value is -0.660. The van der Waals surface area contributed by atoms with Gasteiger partial charge in [-0.05, 0) is 12.8 Å². The minimum Gasteiger partial charge on any atom is -0.359 e. The molecule has 0 unspecified atom stereocenters. The largest absolute Gasteiger partial charge is 0.359 e. The fourth-order valence-electron chi connectivity index (χ4n) is 3.35. The summed E-state index contributed by atoms with van der Waals surface area (Å²) < 4.78 is 0. The highest BCUT2D eigenvalue weighted by Crippen LogP contribution is 2.13. The summed E-state index contributed by atoms with van der Waals surface area (Å²) in [5, 5.41) is 0. The Kier molecular flexibility index (Phi) is 13.2. The fourth-order valence-corrected chi connectivity index (χ4v) is 3.35. The number of rotatable bonds is 16. The van der Waals surface area contributed by atoms with Crippen LogP contribution < -0.4 is 0 Å². The van der Waals surface area contributed by atoms with E-state index in [0.29, 0.717) is 0 Å². The lowest BCUT2D eigenvalue weighted by Gasteiger charge is -2.21. The molecule has 0 spiro atoms. The van der Waals surface area contributed by atoms with Crippen LogP contribution in [0.2, 0.25) is 0 Å². The van der Waals surface area contributed by atoms with Gasteiger partial charge in [0.05, 0.1) is 6.67 Å². The van der Waals surface area contributed by atoms with E-state index in [4.69, 9.17) is 0 Å². The van der Waals surface area contributed by atoms with Crippen LogP contribution in [0.1, 0.15) is 104 Å². The molecule has 1 heterocycles. The van der Waals surface area contributed by atoms with Crippen LogP contribution in [0.5, 0.6) is 0 Å². The number of unbranched alkanes of at least 4 members (excludes halogenated alkanes) is 12. The van der Waals surface area contributed by atoms with Gasteiger partial charge in [0, 0.05) is 25.5 Å². The topological polar surface area (TPSA) is 6.48 Å². The predicted molar refractivity (Wildman–Crippen MR) is 103 cm³/mol. The quantitative estimate of drug-likeness (QED) is 0.298. The van der Waals surface area contributed by atoms with E-state index in [1.54, 1.807) is 0 Å². The minimum absolute atomic E-state index is 1.13. The molecule has 2 nitrogen and oxygen atoms in total. The summed E-state index contributed by atoms with van der Waals surface area (Å²) in [7, 11) is 0. The van der Waals surface area contributed by atoms with E-state index < -0.39 is 0 Å². The maximum absolute atomic E-state index is 2.49. The summed E-state index contributed by atoms with van der Waals surface area (Å²) in [6, 6.07) is 0. The number of hydrogen-bond acceptors (Lipinski definition) is 2. The molecule has 2 heteroatoms. The minimum atomic E-state index is 1.13. The first-order valence-corrected chi connectivity index (χ1v) is 10.5. The van der Waals surface area contributed by atoms with Gasteiger partial charge in [0.2, 0.25) is 0 Å². The molecule has 0 radical (unpaired) electrons. The second-order valence-corrected chi connectivity index (χ2v) is 7.31. The van der Waals surface area contributed by atoms with Crippen LogP contribution in [0.25, 0.3) is 0 Å². The van der Waals surface area contributed by atoms with Gasteiger partial charge in [0.1, 0.15) is 0 Å². The van der Waals surface area contributed by atoms with Gasteiger partial charge < -0.3 is 9.80 Å². The lowest BCUT2D eigenvalue weighted by Crippen LogP contribution is -2.26. The van der Waals surface area contributed by atoms with E-state index in [0.717, 1.165) is 6.67 Å².